The number of aryl methyl sites for hydroxylation is 1. The summed E-state index contributed by atoms with van der Waals surface area (Å²) in [5, 5.41) is 12.6. The third-order valence-electron chi connectivity index (χ3n) is 2.09. The lowest BCUT2D eigenvalue weighted by atomic mass is 10.3. The zero-order valence-corrected chi connectivity index (χ0v) is 10.3. The van der Waals surface area contributed by atoms with Crippen molar-refractivity contribution < 1.29 is 9.90 Å². The number of thiazole rings is 1. The molecular weight excluding hydrogens is 224 g/mol. The van der Waals surface area contributed by atoms with Gasteiger partial charge in [-0.3, -0.25) is 0 Å². The molecule has 0 amide bonds. The summed E-state index contributed by atoms with van der Waals surface area (Å²) in [7, 11) is 0. The van der Waals surface area contributed by atoms with Crippen LogP contribution in [0.4, 0.5) is 0 Å². The Kier molecular flexibility index (Phi) is 5.14. The number of carboxylic acid groups (broad SMARTS) is 1. The van der Waals surface area contributed by atoms with Gasteiger partial charge in [-0.2, -0.15) is 0 Å². The van der Waals surface area contributed by atoms with Gasteiger partial charge in [-0.15, -0.1) is 11.3 Å². The largest absolute Gasteiger partial charge is 0.478 e. The molecule has 0 spiro atoms. The number of nitrogens with zero attached hydrogens (tertiary/aromatic N) is 1. The van der Waals surface area contributed by atoms with Crippen LogP contribution >= 0.6 is 11.3 Å². The van der Waals surface area contributed by atoms with Gasteiger partial charge < -0.3 is 10.4 Å². The summed E-state index contributed by atoms with van der Waals surface area (Å²) in [6.45, 7) is 4.66. The third-order valence-corrected chi connectivity index (χ3v) is 3.42. The van der Waals surface area contributed by atoms with Crippen LogP contribution < -0.4 is 5.32 Å². The van der Waals surface area contributed by atoms with Gasteiger partial charge in [0.05, 0.1) is 6.04 Å². The molecule has 4 nitrogen and oxygen atoms in total. The second kappa shape index (κ2) is 6.40. The fourth-order valence-corrected chi connectivity index (χ4v) is 2.06. The molecular formula is C11H16N2O2S. The van der Waals surface area contributed by atoms with Crippen molar-refractivity contribution in [1.29, 1.82) is 0 Å². The topological polar surface area (TPSA) is 62.2 Å². The molecule has 2 N–H and O–H groups in total. The highest BCUT2D eigenvalue weighted by atomic mass is 32.1. The van der Waals surface area contributed by atoms with Crippen LogP contribution in [0.2, 0.25) is 0 Å². The Bertz CT molecular complexity index is 374. The van der Waals surface area contributed by atoms with Gasteiger partial charge >= 0.3 is 5.97 Å². The number of hydrogen-bond donors (Lipinski definition) is 2. The van der Waals surface area contributed by atoms with E-state index in [4.69, 9.17) is 5.11 Å². The minimum absolute atomic E-state index is 0.156. The summed E-state index contributed by atoms with van der Waals surface area (Å²) in [4.78, 5) is 15.8. The predicted molar refractivity (Wildman–Crippen MR) is 64.7 cm³/mol. The molecule has 1 unspecified atom stereocenters. The Morgan fingerprint density at radius 2 is 2.50 bits per heavy atom. The van der Waals surface area contributed by atoms with Crippen molar-refractivity contribution in [1.82, 2.24) is 10.3 Å². The lowest BCUT2D eigenvalue weighted by Gasteiger charge is -2.08. The SMILES string of the molecule is CCc1cnc(C(C)NC/C=C/C(=O)O)s1. The summed E-state index contributed by atoms with van der Waals surface area (Å²) in [5.41, 5.74) is 0. The fourth-order valence-electron chi connectivity index (χ4n) is 1.18. The van der Waals surface area contributed by atoms with Crippen LogP contribution in [0.25, 0.3) is 0 Å². The normalized spacial score (nSPS) is 13.1. The lowest BCUT2D eigenvalue weighted by Crippen LogP contribution is -2.18. The van der Waals surface area contributed by atoms with E-state index in [-0.39, 0.29) is 6.04 Å². The monoisotopic (exact) mass is 240 g/mol. The molecule has 0 aliphatic heterocycles. The first-order valence-electron chi connectivity index (χ1n) is 5.21. The van der Waals surface area contributed by atoms with E-state index in [2.05, 4.69) is 17.2 Å². The molecule has 1 atom stereocenters. The van der Waals surface area contributed by atoms with Gasteiger partial charge in [-0.1, -0.05) is 13.0 Å². The van der Waals surface area contributed by atoms with Gasteiger partial charge in [0.1, 0.15) is 5.01 Å². The van der Waals surface area contributed by atoms with E-state index in [0.717, 1.165) is 17.5 Å². The Balaban J connectivity index is 2.40. The average molecular weight is 240 g/mol. The minimum Gasteiger partial charge on any atom is -0.478 e. The van der Waals surface area contributed by atoms with Crippen LogP contribution in [0.1, 0.15) is 29.8 Å². The summed E-state index contributed by atoms with van der Waals surface area (Å²) in [6.07, 6.45) is 5.63. The van der Waals surface area contributed by atoms with E-state index in [9.17, 15) is 4.79 Å². The predicted octanol–water partition coefficient (Wildman–Crippen LogP) is 2.00. The highest BCUT2D eigenvalue weighted by Gasteiger charge is 2.08. The fraction of sp³-hybridized carbons (Fsp3) is 0.455. The van der Waals surface area contributed by atoms with E-state index in [1.165, 1.54) is 4.88 Å². The van der Waals surface area contributed by atoms with Crippen LogP contribution in [0, 0.1) is 0 Å². The molecule has 0 radical (unpaired) electrons. The van der Waals surface area contributed by atoms with Gasteiger partial charge in [0.15, 0.2) is 0 Å². The van der Waals surface area contributed by atoms with Crippen molar-refractivity contribution in [2.75, 3.05) is 6.54 Å². The molecule has 1 heterocycles. The minimum atomic E-state index is -0.919. The van der Waals surface area contributed by atoms with E-state index < -0.39 is 5.97 Å². The van der Waals surface area contributed by atoms with Crippen LogP contribution in [-0.4, -0.2) is 22.6 Å². The van der Waals surface area contributed by atoms with Gasteiger partial charge in [-0.25, -0.2) is 9.78 Å². The van der Waals surface area contributed by atoms with E-state index in [0.29, 0.717) is 6.54 Å². The zero-order valence-electron chi connectivity index (χ0n) is 9.43. The quantitative estimate of drug-likeness (QED) is 0.746. The number of nitrogens with one attached hydrogen (secondary N) is 1. The average Bonchev–Trinajstić information content (AvgIpc) is 2.72. The molecule has 0 fully saturated rings. The third kappa shape index (κ3) is 4.12. The maximum Gasteiger partial charge on any atom is 0.328 e. The first-order valence-corrected chi connectivity index (χ1v) is 6.02. The summed E-state index contributed by atoms with van der Waals surface area (Å²) >= 11 is 1.69. The number of rotatable bonds is 6. The zero-order chi connectivity index (χ0) is 12.0. The molecule has 1 aromatic rings. The molecule has 0 aliphatic rings. The van der Waals surface area contributed by atoms with E-state index >= 15 is 0 Å². The Labute approximate surface area is 99.0 Å². The highest BCUT2D eigenvalue weighted by Crippen LogP contribution is 2.19. The van der Waals surface area contributed by atoms with Crippen molar-refractivity contribution in [2.24, 2.45) is 0 Å². The van der Waals surface area contributed by atoms with E-state index in [1.54, 1.807) is 17.4 Å². The lowest BCUT2D eigenvalue weighted by molar-refractivity contribution is -0.131. The number of aliphatic carboxylic acids is 1. The van der Waals surface area contributed by atoms with E-state index in [1.807, 2.05) is 13.1 Å². The summed E-state index contributed by atoms with van der Waals surface area (Å²) < 4.78 is 0. The van der Waals surface area contributed by atoms with Crippen molar-refractivity contribution in [3.8, 4) is 0 Å². The van der Waals surface area contributed by atoms with Crippen LogP contribution in [0.5, 0.6) is 0 Å². The number of carboxylic acids is 1. The van der Waals surface area contributed by atoms with Crippen molar-refractivity contribution in [2.45, 2.75) is 26.3 Å². The second-order valence-corrected chi connectivity index (χ2v) is 4.54. The molecule has 5 heteroatoms. The summed E-state index contributed by atoms with van der Waals surface area (Å²) in [5.74, 6) is -0.919. The maximum atomic E-state index is 10.2. The van der Waals surface area contributed by atoms with Crippen LogP contribution in [0.15, 0.2) is 18.3 Å². The maximum absolute atomic E-state index is 10.2. The number of carbonyl (C=O) groups is 1. The second-order valence-electron chi connectivity index (χ2n) is 3.39. The van der Waals surface area contributed by atoms with Crippen LogP contribution in [0.3, 0.4) is 0 Å². The van der Waals surface area contributed by atoms with Crippen LogP contribution in [-0.2, 0) is 11.2 Å². The Hall–Kier alpha value is -1.20. The molecule has 0 saturated heterocycles. The Morgan fingerprint density at radius 1 is 1.75 bits per heavy atom. The van der Waals surface area contributed by atoms with Gasteiger partial charge in [-0.05, 0) is 13.3 Å². The first kappa shape index (κ1) is 12.9. The molecule has 16 heavy (non-hydrogen) atoms. The smallest absolute Gasteiger partial charge is 0.328 e. The van der Waals surface area contributed by atoms with Gasteiger partial charge in [0.25, 0.3) is 0 Å². The highest BCUT2D eigenvalue weighted by molar-refractivity contribution is 7.11. The molecule has 88 valence electrons. The van der Waals surface area contributed by atoms with Gasteiger partial charge in [0, 0.05) is 23.7 Å². The Morgan fingerprint density at radius 3 is 3.06 bits per heavy atom. The number of aromatic nitrogens is 1. The molecule has 0 bridgehead atoms. The summed E-state index contributed by atoms with van der Waals surface area (Å²) in [6, 6.07) is 0.156. The molecule has 0 aromatic carbocycles. The number of hydrogen-bond acceptors (Lipinski definition) is 4. The molecule has 1 aromatic heterocycles. The standard InChI is InChI=1S/C11H16N2O2S/c1-3-9-7-13-11(16-9)8(2)12-6-4-5-10(14)15/h4-5,7-8,12H,3,6H2,1-2H3,(H,14,15)/b5-4+. The molecule has 0 saturated carbocycles. The first-order chi connectivity index (χ1) is 7.63. The molecule has 0 aliphatic carbocycles. The molecule has 1 rings (SSSR count). The van der Waals surface area contributed by atoms with Gasteiger partial charge in [0.2, 0.25) is 0 Å². The van der Waals surface area contributed by atoms with Crippen molar-refractivity contribution in [3.05, 3.63) is 28.2 Å². The van der Waals surface area contributed by atoms with Crippen molar-refractivity contribution >= 4 is 17.3 Å². The van der Waals surface area contributed by atoms with Crippen molar-refractivity contribution in [3.63, 3.8) is 0 Å².